The maximum absolute atomic E-state index is 11.2. The second-order valence-electron chi connectivity index (χ2n) is 23.6. The first-order valence-corrected chi connectivity index (χ1v) is 37.4. The molecule has 0 unspecified atom stereocenters. The zero-order valence-corrected chi connectivity index (χ0v) is 47.4. The van der Waals surface area contributed by atoms with Gasteiger partial charge in [0.1, 0.15) is 0 Å². The summed E-state index contributed by atoms with van der Waals surface area (Å²) in [6.45, 7) is 24.0. The van der Waals surface area contributed by atoms with Crippen molar-refractivity contribution >= 4 is 37.1 Å². The number of esters is 2. The van der Waals surface area contributed by atoms with Crippen LogP contribution in [0.5, 0.6) is 0 Å². The molecule has 0 aromatic carbocycles. The molecule has 0 saturated heterocycles. The molecule has 0 aromatic rings. The van der Waals surface area contributed by atoms with Crippen LogP contribution in [-0.4, -0.2) is 75.8 Å². The molecule has 4 saturated carbocycles. The van der Waals surface area contributed by atoms with E-state index in [9.17, 15) is 9.59 Å². The number of ether oxygens (including phenoxy) is 4. The van der Waals surface area contributed by atoms with Gasteiger partial charge < -0.3 is 27.2 Å². The number of unbranched alkanes of at least 4 members (excludes halogenated alkanes) is 8. The Morgan fingerprint density at radius 2 is 0.731 bits per heavy atom. The molecule has 4 rings (SSSR count). The monoisotopic (exact) mass is 989 g/mol. The molecule has 0 spiro atoms. The molecule has 4 aliphatic carbocycles. The van der Waals surface area contributed by atoms with Crippen LogP contribution in [-0.2, 0) is 36.8 Å². The number of hydrogen-bond acceptors (Lipinski definition) is 8. The molecular formula is C56H104O8Si3. The van der Waals surface area contributed by atoms with Gasteiger partial charge in [0.05, 0.1) is 25.4 Å². The minimum atomic E-state index is -2.22. The van der Waals surface area contributed by atoms with E-state index in [0.717, 1.165) is 87.2 Å². The Hall–Kier alpha value is -1.09. The number of carbonyl (C=O) groups excluding carboxylic acids is 2. The first-order valence-electron chi connectivity index (χ1n) is 28.4. The van der Waals surface area contributed by atoms with Crippen LogP contribution >= 0.6 is 0 Å². The molecule has 4 aliphatic rings. The summed E-state index contributed by atoms with van der Waals surface area (Å²) in [7, 11) is -5.86. The average Bonchev–Trinajstić information content (AvgIpc) is 3.30. The lowest BCUT2D eigenvalue weighted by molar-refractivity contribution is -0.138. The van der Waals surface area contributed by atoms with Gasteiger partial charge in [-0.25, -0.2) is 9.59 Å². The van der Waals surface area contributed by atoms with Crippen molar-refractivity contribution in [3.8, 4) is 0 Å². The fourth-order valence-corrected chi connectivity index (χ4v) is 27.1. The van der Waals surface area contributed by atoms with Crippen molar-refractivity contribution in [2.45, 2.75) is 256 Å². The molecule has 0 radical (unpaired) electrons. The standard InChI is InChI=1S/C56H104O8Si3/c1-9-55(57)61-43-17-13-11-15-23-47-25-29-49(30-26-47)51-33-37-53(38-34-51)59-41-19-21-45-65(3,4)63-67(7,8)64-66(5,6)46-22-20-42-60-54-39-35-52(36-40-54)50-31-27-48(28-32-50)24-16-12-14-18-44-62-56(58)10-2/h9-10,47-54H,1-2,11-46H2,3-8H3. The molecule has 11 heteroatoms. The second kappa shape index (κ2) is 32.1. The Kier molecular flexibility index (Phi) is 28.0. The average molecular weight is 990 g/mol. The Labute approximate surface area is 415 Å². The van der Waals surface area contributed by atoms with Crippen molar-refractivity contribution in [2.75, 3.05) is 26.4 Å². The Bertz CT molecular complexity index is 1260. The van der Waals surface area contributed by atoms with Gasteiger partial charge in [0, 0.05) is 25.4 Å². The van der Waals surface area contributed by atoms with Crippen LogP contribution in [0.15, 0.2) is 25.3 Å². The van der Waals surface area contributed by atoms with Crippen LogP contribution in [0.4, 0.5) is 0 Å². The fraction of sp³-hybridized carbons (Fsp3) is 0.893. The van der Waals surface area contributed by atoms with Gasteiger partial charge >= 0.3 is 20.5 Å². The smallest absolute Gasteiger partial charge is 0.330 e. The highest BCUT2D eigenvalue weighted by Crippen LogP contribution is 2.43. The van der Waals surface area contributed by atoms with E-state index in [1.807, 2.05) is 0 Å². The molecule has 0 aliphatic heterocycles. The molecule has 0 heterocycles. The zero-order chi connectivity index (χ0) is 48.4. The summed E-state index contributed by atoms with van der Waals surface area (Å²) in [6, 6.07) is 2.37. The molecular weight excluding hydrogens is 885 g/mol. The topological polar surface area (TPSA) is 89.5 Å². The van der Waals surface area contributed by atoms with Gasteiger partial charge in [-0.05, 0) is 190 Å². The van der Waals surface area contributed by atoms with Gasteiger partial charge in [0.15, 0.2) is 16.6 Å². The number of carbonyl (C=O) groups is 2. The van der Waals surface area contributed by atoms with Crippen molar-refractivity contribution in [3.05, 3.63) is 25.3 Å². The number of hydrogen-bond donors (Lipinski definition) is 0. The Morgan fingerprint density at radius 1 is 0.418 bits per heavy atom. The van der Waals surface area contributed by atoms with E-state index in [4.69, 9.17) is 27.2 Å². The molecule has 0 aromatic heterocycles. The fourth-order valence-electron chi connectivity index (χ4n) is 12.8. The van der Waals surface area contributed by atoms with E-state index >= 15 is 0 Å². The summed E-state index contributed by atoms with van der Waals surface area (Å²) in [6.07, 6.45) is 42.2. The molecule has 0 atom stereocenters. The highest BCUT2D eigenvalue weighted by Gasteiger charge is 2.39. The van der Waals surface area contributed by atoms with Gasteiger partial charge in [-0.2, -0.15) is 0 Å². The van der Waals surface area contributed by atoms with Gasteiger partial charge in [0.2, 0.25) is 0 Å². The third-order valence-electron chi connectivity index (χ3n) is 16.5. The summed E-state index contributed by atoms with van der Waals surface area (Å²) >= 11 is 0. The summed E-state index contributed by atoms with van der Waals surface area (Å²) in [4.78, 5) is 22.3. The molecule has 67 heavy (non-hydrogen) atoms. The maximum Gasteiger partial charge on any atom is 0.330 e. The predicted octanol–water partition coefficient (Wildman–Crippen LogP) is 15.8. The van der Waals surface area contributed by atoms with E-state index in [1.54, 1.807) is 0 Å². The van der Waals surface area contributed by atoms with Crippen LogP contribution in [0.25, 0.3) is 0 Å². The first-order chi connectivity index (χ1) is 32.2. The van der Waals surface area contributed by atoms with E-state index in [2.05, 4.69) is 52.4 Å². The summed E-state index contributed by atoms with van der Waals surface area (Å²) in [5.41, 5.74) is 0. The van der Waals surface area contributed by atoms with Gasteiger partial charge in [0.25, 0.3) is 0 Å². The number of rotatable bonds is 34. The molecule has 388 valence electrons. The van der Waals surface area contributed by atoms with Gasteiger partial charge in [-0.15, -0.1) is 0 Å². The van der Waals surface area contributed by atoms with E-state index < -0.39 is 25.2 Å². The lowest BCUT2D eigenvalue weighted by Crippen LogP contribution is -2.52. The SMILES string of the molecule is C=CC(=O)OCCCCCCC1CCC(C2CCC(OCCCC[Si](C)(C)O[Si](C)(C)O[Si](C)(C)CCCCOC3CCC(C4CCC(CCCCCCOC(=O)C=C)CC4)CC3)CC2)CC1. The Balaban J connectivity index is 0.950. The minimum Gasteiger partial charge on any atom is -0.463 e. The molecule has 8 nitrogen and oxygen atoms in total. The normalized spacial score (nSPS) is 26.5. The highest BCUT2D eigenvalue weighted by atomic mass is 28.5. The van der Waals surface area contributed by atoms with E-state index in [-0.39, 0.29) is 11.9 Å². The van der Waals surface area contributed by atoms with Gasteiger partial charge in [-0.3, -0.25) is 0 Å². The Morgan fingerprint density at radius 3 is 1.07 bits per heavy atom. The lowest BCUT2D eigenvalue weighted by atomic mass is 9.70. The van der Waals surface area contributed by atoms with Crippen molar-refractivity contribution in [3.63, 3.8) is 0 Å². The van der Waals surface area contributed by atoms with Crippen LogP contribution in [0.2, 0.25) is 51.4 Å². The first kappa shape index (κ1) is 58.5. The third-order valence-corrected chi connectivity index (χ3v) is 28.0. The molecule has 0 N–H and O–H groups in total. The summed E-state index contributed by atoms with van der Waals surface area (Å²) in [5, 5.41) is 0. The molecule has 0 bridgehead atoms. The largest absolute Gasteiger partial charge is 0.463 e. The van der Waals surface area contributed by atoms with Crippen LogP contribution in [0, 0.1) is 35.5 Å². The zero-order valence-electron chi connectivity index (χ0n) is 44.4. The quantitative estimate of drug-likeness (QED) is 0.0273. The van der Waals surface area contributed by atoms with Crippen molar-refractivity contribution in [1.29, 1.82) is 0 Å². The maximum atomic E-state index is 11.2. The predicted molar refractivity (Wildman–Crippen MR) is 285 cm³/mol. The second-order valence-corrected chi connectivity index (χ2v) is 36.0. The van der Waals surface area contributed by atoms with Crippen LogP contribution in [0.1, 0.15) is 193 Å². The van der Waals surface area contributed by atoms with Crippen LogP contribution in [0.3, 0.4) is 0 Å². The van der Waals surface area contributed by atoms with Crippen LogP contribution < -0.4 is 0 Å². The van der Waals surface area contributed by atoms with Crippen molar-refractivity contribution < 1.29 is 36.8 Å². The lowest BCUT2D eigenvalue weighted by Gasteiger charge is -2.39. The van der Waals surface area contributed by atoms with E-state index in [0.29, 0.717) is 25.4 Å². The summed E-state index contributed by atoms with van der Waals surface area (Å²) < 4.78 is 37.1. The highest BCUT2D eigenvalue weighted by molar-refractivity contribution is 6.87. The third kappa shape index (κ3) is 25.2. The van der Waals surface area contributed by atoms with E-state index in [1.165, 1.54) is 178 Å². The van der Waals surface area contributed by atoms with Crippen molar-refractivity contribution in [1.82, 2.24) is 0 Å². The minimum absolute atomic E-state index is 0.303. The molecule has 0 amide bonds. The molecule has 4 fully saturated rings. The summed E-state index contributed by atoms with van der Waals surface area (Å²) in [5.74, 6) is 4.98. The van der Waals surface area contributed by atoms with Gasteiger partial charge in [-0.1, -0.05) is 103 Å². The van der Waals surface area contributed by atoms with Crippen molar-refractivity contribution in [2.24, 2.45) is 35.5 Å².